The summed E-state index contributed by atoms with van der Waals surface area (Å²) in [4.78, 5) is 15.2. The maximum Gasteiger partial charge on any atom is 0.346 e. The average molecular weight is 623 g/mol. The number of ether oxygens (including phenoxy) is 2. The number of anilines is 3. The van der Waals surface area contributed by atoms with Gasteiger partial charge in [0, 0.05) is 26.8 Å². The van der Waals surface area contributed by atoms with Gasteiger partial charge in [-0.05, 0) is 97.3 Å². The molecule has 1 aromatic heterocycles. The van der Waals surface area contributed by atoms with Gasteiger partial charge in [0.1, 0.15) is 23.1 Å². The highest BCUT2D eigenvalue weighted by molar-refractivity contribution is 7.16. The standard InChI is InChI=1S/C38H42N2O4S/c1-3-5-7-9-25-43-34-19-15-32(16-20-34)40(33-17-21-35(22-18-33)44-26-10-8-6-4-2)31-13-11-29(12-14-31)37-24-23-36(45-37)27-30(28-39)38(41)42/h11-24,27H,3-10,25-26H2,1-2H3,(H,41,42)/b30-27+. The third-order valence-corrected chi connectivity index (χ3v) is 8.48. The molecule has 1 heterocycles. The highest BCUT2D eigenvalue weighted by atomic mass is 32.1. The van der Waals surface area contributed by atoms with E-state index in [9.17, 15) is 9.90 Å². The van der Waals surface area contributed by atoms with Crippen LogP contribution in [0.2, 0.25) is 0 Å². The predicted octanol–water partition coefficient (Wildman–Crippen LogP) is 10.8. The first-order valence-corrected chi connectivity index (χ1v) is 16.6. The molecule has 1 N–H and O–H groups in total. The van der Waals surface area contributed by atoms with Gasteiger partial charge in [0.25, 0.3) is 0 Å². The maximum atomic E-state index is 11.2. The van der Waals surface area contributed by atoms with Crippen molar-refractivity contribution in [2.75, 3.05) is 18.1 Å². The Balaban J connectivity index is 1.55. The number of carbonyl (C=O) groups is 1. The van der Waals surface area contributed by atoms with E-state index < -0.39 is 5.97 Å². The van der Waals surface area contributed by atoms with Crippen molar-refractivity contribution in [1.82, 2.24) is 0 Å². The summed E-state index contributed by atoms with van der Waals surface area (Å²) in [6.07, 6.45) is 10.8. The smallest absolute Gasteiger partial charge is 0.346 e. The summed E-state index contributed by atoms with van der Waals surface area (Å²) in [5, 5.41) is 18.3. The lowest BCUT2D eigenvalue weighted by molar-refractivity contribution is -0.132. The van der Waals surface area contributed by atoms with Crippen LogP contribution in [-0.4, -0.2) is 24.3 Å². The molecule has 0 amide bonds. The second-order valence-electron chi connectivity index (χ2n) is 10.9. The maximum absolute atomic E-state index is 11.2. The van der Waals surface area contributed by atoms with Gasteiger partial charge in [-0.25, -0.2) is 4.79 Å². The van der Waals surface area contributed by atoms with E-state index in [2.05, 4.69) is 67.3 Å². The molecule has 0 unspecified atom stereocenters. The Morgan fingerprint density at radius 1 is 0.733 bits per heavy atom. The fraction of sp³-hybridized carbons (Fsp3) is 0.316. The van der Waals surface area contributed by atoms with Crippen LogP contribution in [0.4, 0.5) is 17.1 Å². The molecule has 6 nitrogen and oxygen atoms in total. The summed E-state index contributed by atoms with van der Waals surface area (Å²) >= 11 is 1.45. The van der Waals surface area contributed by atoms with Crippen molar-refractivity contribution in [2.24, 2.45) is 0 Å². The molecular weight excluding hydrogens is 580 g/mol. The Morgan fingerprint density at radius 3 is 1.67 bits per heavy atom. The number of nitrogens with zero attached hydrogens (tertiary/aromatic N) is 2. The van der Waals surface area contributed by atoms with Gasteiger partial charge in [-0.3, -0.25) is 0 Å². The van der Waals surface area contributed by atoms with Crippen LogP contribution in [0, 0.1) is 11.3 Å². The molecule has 4 rings (SSSR count). The molecule has 0 saturated carbocycles. The van der Waals surface area contributed by atoms with Crippen LogP contribution < -0.4 is 14.4 Å². The van der Waals surface area contributed by atoms with E-state index in [0.717, 1.165) is 69.9 Å². The van der Waals surface area contributed by atoms with E-state index in [4.69, 9.17) is 14.7 Å². The number of nitriles is 1. The SMILES string of the molecule is CCCCCCOc1ccc(N(c2ccc(OCCCCCC)cc2)c2ccc(-c3ccc(/C=C(\C#N)C(=O)O)s3)cc2)cc1. The molecule has 234 valence electrons. The molecule has 0 aliphatic heterocycles. The summed E-state index contributed by atoms with van der Waals surface area (Å²) in [5.41, 5.74) is 3.74. The zero-order chi connectivity index (χ0) is 31.9. The highest BCUT2D eigenvalue weighted by Gasteiger charge is 2.14. The first-order chi connectivity index (χ1) is 22.0. The number of hydrogen-bond donors (Lipinski definition) is 1. The normalized spacial score (nSPS) is 11.2. The Kier molecular flexibility index (Phi) is 13.1. The van der Waals surface area contributed by atoms with Crippen molar-refractivity contribution < 1.29 is 19.4 Å². The van der Waals surface area contributed by atoms with Crippen molar-refractivity contribution in [3.8, 4) is 28.0 Å². The molecule has 0 radical (unpaired) electrons. The van der Waals surface area contributed by atoms with Crippen LogP contribution in [0.15, 0.2) is 90.5 Å². The molecule has 4 aromatic rings. The van der Waals surface area contributed by atoms with Gasteiger partial charge in [0.05, 0.1) is 13.2 Å². The van der Waals surface area contributed by atoms with E-state index in [0.29, 0.717) is 0 Å². The summed E-state index contributed by atoms with van der Waals surface area (Å²) in [6.45, 7) is 5.86. The number of aliphatic carboxylic acids is 1. The molecule has 0 fully saturated rings. The van der Waals surface area contributed by atoms with E-state index in [-0.39, 0.29) is 5.57 Å². The van der Waals surface area contributed by atoms with E-state index in [1.54, 1.807) is 6.07 Å². The van der Waals surface area contributed by atoms with Gasteiger partial charge in [-0.15, -0.1) is 11.3 Å². The minimum absolute atomic E-state index is 0.282. The van der Waals surface area contributed by atoms with Crippen molar-refractivity contribution in [3.05, 3.63) is 95.4 Å². The van der Waals surface area contributed by atoms with E-state index in [1.807, 2.05) is 36.4 Å². The summed E-state index contributed by atoms with van der Waals surface area (Å²) in [5.74, 6) is 0.500. The number of unbranched alkanes of at least 4 members (excludes halogenated alkanes) is 6. The Labute approximate surface area is 271 Å². The molecule has 0 spiro atoms. The largest absolute Gasteiger partial charge is 0.494 e. The lowest BCUT2D eigenvalue weighted by Gasteiger charge is -2.26. The number of rotatable bonds is 18. The first kappa shape index (κ1) is 33.4. The van der Waals surface area contributed by atoms with E-state index >= 15 is 0 Å². The highest BCUT2D eigenvalue weighted by Crippen LogP contribution is 2.38. The first-order valence-electron chi connectivity index (χ1n) is 15.8. The van der Waals surface area contributed by atoms with Crippen molar-refractivity contribution >= 4 is 40.4 Å². The molecule has 45 heavy (non-hydrogen) atoms. The molecule has 0 saturated heterocycles. The molecule has 7 heteroatoms. The quantitative estimate of drug-likeness (QED) is 0.0675. The van der Waals surface area contributed by atoms with Gasteiger partial charge < -0.3 is 19.5 Å². The van der Waals surface area contributed by atoms with Gasteiger partial charge >= 0.3 is 5.97 Å². The summed E-state index contributed by atoms with van der Waals surface area (Å²) < 4.78 is 12.0. The summed E-state index contributed by atoms with van der Waals surface area (Å²) in [7, 11) is 0. The van der Waals surface area contributed by atoms with Gasteiger partial charge in [-0.2, -0.15) is 5.26 Å². The van der Waals surface area contributed by atoms with Crippen molar-refractivity contribution in [3.63, 3.8) is 0 Å². The van der Waals surface area contributed by atoms with E-state index in [1.165, 1.54) is 55.9 Å². The zero-order valence-corrected chi connectivity index (χ0v) is 27.0. The fourth-order valence-corrected chi connectivity index (χ4v) is 5.87. The Bertz CT molecular complexity index is 1490. The summed E-state index contributed by atoms with van der Waals surface area (Å²) in [6, 6.07) is 30.2. The molecule has 0 bridgehead atoms. The minimum atomic E-state index is -1.23. The number of thiophene rings is 1. The molecular formula is C38H42N2O4S. The van der Waals surface area contributed by atoms with Gasteiger partial charge in [0.15, 0.2) is 0 Å². The lowest BCUT2D eigenvalue weighted by Crippen LogP contribution is -2.10. The molecule has 0 aliphatic rings. The zero-order valence-electron chi connectivity index (χ0n) is 26.2. The van der Waals surface area contributed by atoms with Crippen LogP contribution >= 0.6 is 11.3 Å². The third kappa shape index (κ3) is 9.99. The monoisotopic (exact) mass is 622 g/mol. The lowest BCUT2D eigenvalue weighted by atomic mass is 10.1. The number of hydrogen-bond acceptors (Lipinski definition) is 6. The van der Waals surface area contributed by atoms with Crippen LogP contribution in [0.25, 0.3) is 16.5 Å². The Hall–Kier alpha value is -4.54. The molecule has 0 atom stereocenters. The number of benzene rings is 3. The second-order valence-corrected chi connectivity index (χ2v) is 12.0. The van der Waals surface area contributed by atoms with Crippen molar-refractivity contribution in [2.45, 2.75) is 65.2 Å². The average Bonchev–Trinajstić information content (AvgIpc) is 3.54. The minimum Gasteiger partial charge on any atom is -0.494 e. The fourth-order valence-electron chi connectivity index (χ4n) is 4.91. The second kappa shape index (κ2) is 17.7. The van der Waals surface area contributed by atoms with Crippen LogP contribution in [0.3, 0.4) is 0 Å². The number of carboxylic acid groups (broad SMARTS) is 1. The number of carboxylic acids is 1. The molecule has 0 aliphatic carbocycles. The Morgan fingerprint density at radius 2 is 1.22 bits per heavy atom. The van der Waals surface area contributed by atoms with Crippen molar-refractivity contribution in [1.29, 1.82) is 5.26 Å². The molecule has 3 aromatic carbocycles. The van der Waals surface area contributed by atoms with Crippen LogP contribution in [-0.2, 0) is 4.79 Å². The topological polar surface area (TPSA) is 82.8 Å². The predicted molar refractivity (Wildman–Crippen MR) is 185 cm³/mol. The third-order valence-electron chi connectivity index (χ3n) is 7.40. The van der Waals surface area contributed by atoms with Gasteiger partial charge in [0.2, 0.25) is 0 Å². The van der Waals surface area contributed by atoms with Gasteiger partial charge in [-0.1, -0.05) is 64.5 Å². The van der Waals surface area contributed by atoms with Crippen LogP contribution in [0.5, 0.6) is 11.5 Å². The van der Waals surface area contributed by atoms with Crippen LogP contribution in [0.1, 0.15) is 70.1 Å².